The van der Waals surface area contributed by atoms with Gasteiger partial charge < -0.3 is 26.2 Å². The molecule has 0 spiro atoms. The number of carboxylic acids is 1. The number of primary amides is 1. The average Bonchev–Trinajstić information content (AvgIpc) is 2.26. The highest BCUT2D eigenvalue weighted by Crippen LogP contribution is 1.92. The van der Waals surface area contributed by atoms with Gasteiger partial charge in [-0.15, -0.1) is 0 Å². The van der Waals surface area contributed by atoms with E-state index in [9.17, 15) is 14.4 Å². The molecule has 0 aromatic carbocycles. The Morgan fingerprint density at radius 2 is 1.95 bits per heavy atom. The lowest BCUT2D eigenvalue weighted by atomic mass is 10.2. The summed E-state index contributed by atoms with van der Waals surface area (Å²) < 4.78 is 5.23. The number of nitrogens with one attached hydrogen (secondary N) is 2. The lowest BCUT2D eigenvalue weighted by molar-refractivity contribution is -0.140. The van der Waals surface area contributed by atoms with Gasteiger partial charge in [-0.2, -0.15) is 0 Å². The van der Waals surface area contributed by atoms with Crippen LogP contribution in [0, 0.1) is 5.92 Å². The minimum atomic E-state index is -1.32. The molecule has 0 saturated heterocycles. The number of carbonyl (C=O) groups excluding carboxylic acids is 2. The van der Waals surface area contributed by atoms with Crippen LogP contribution in [0.5, 0.6) is 0 Å². The van der Waals surface area contributed by atoms with Crippen molar-refractivity contribution in [1.82, 2.24) is 10.6 Å². The fourth-order valence-corrected chi connectivity index (χ4v) is 1.17. The summed E-state index contributed by atoms with van der Waals surface area (Å²) in [6.45, 7) is 5.17. The first-order chi connectivity index (χ1) is 8.82. The van der Waals surface area contributed by atoms with Gasteiger partial charge in [-0.25, -0.2) is 9.59 Å². The number of carbonyl (C=O) groups is 3. The molecule has 3 amide bonds. The number of aliphatic carboxylic acids is 1. The molecule has 0 unspecified atom stereocenters. The van der Waals surface area contributed by atoms with E-state index < -0.39 is 30.4 Å². The van der Waals surface area contributed by atoms with Gasteiger partial charge in [-0.1, -0.05) is 13.8 Å². The van der Waals surface area contributed by atoms with Crippen LogP contribution in [0.4, 0.5) is 4.79 Å². The minimum absolute atomic E-state index is 0.251. The molecular weight excluding hydrogens is 254 g/mol. The highest BCUT2D eigenvalue weighted by molar-refractivity contribution is 5.87. The molecule has 8 nitrogen and oxygen atoms in total. The molecule has 0 heterocycles. The maximum atomic E-state index is 11.3. The molecule has 0 fully saturated rings. The number of hydrogen-bond acceptors (Lipinski definition) is 4. The fourth-order valence-electron chi connectivity index (χ4n) is 1.17. The van der Waals surface area contributed by atoms with Crippen molar-refractivity contribution in [2.75, 3.05) is 19.8 Å². The molecular formula is C11H21N3O5. The van der Waals surface area contributed by atoms with E-state index in [1.165, 1.54) is 0 Å². The lowest BCUT2D eigenvalue weighted by Gasteiger charge is -2.14. The van der Waals surface area contributed by atoms with Crippen LogP contribution in [0.25, 0.3) is 0 Å². The van der Waals surface area contributed by atoms with E-state index in [0.29, 0.717) is 19.1 Å². The van der Waals surface area contributed by atoms with E-state index >= 15 is 0 Å². The summed E-state index contributed by atoms with van der Waals surface area (Å²) in [7, 11) is 0. The second-order valence-corrected chi connectivity index (χ2v) is 4.43. The maximum absolute atomic E-state index is 11.3. The van der Waals surface area contributed by atoms with Gasteiger partial charge in [0.15, 0.2) is 0 Å². The number of carboxylic acid groups (broad SMARTS) is 1. The summed E-state index contributed by atoms with van der Waals surface area (Å²) in [6.07, 6.45) is -0.452. The van der Waals surface area contributed by atoms with Crippen molar-refractivity contribution < 1.29 is 24.2 Å². The van der Waals surface area contributed by atoms with Crippen LogP contribution in [-0.4, -0.2) is 48.8 Å². The first-order valence-electron chi connectivity index (χ1n) is 5.96. The highest BCUT2D eigenvalue weighted by atomic mass is 16.5. The summed E-state index contributed by atoms with van der Waals surface area (Å²) in [5.41, 5.74) is 4.88. The van der Waals surface area contributed by atoms with Gasteiger partial charge in [-0.3, -0.25) is 4.79 Å². The molecule has 0 aliphatic carbocycles. The van der Waals surface area contributed by atoms with E-state index in [2.05, 4.69) is 10.6 Å². The van der Waals surface area contributed by atoms with Crippen LogP contribution >= 0.6 is 0 Å². The van der Waals surface area contributed by atoms with E-state index in [4.69, 9.17) is 15.6 Å². The second-order valence-electron chi connectivity index (χ2n) is 4.43. The molecule has 8 heteroatoms. The summed E-state index contributed by atoms with van der Waals surface area (Å²) in [4.78, 5) is 32.7. The Bertz CT molecular complexity index is 319. The van der Waals surface area contributed by atoms with Crippen LogP contribution in [0.15, 0.2) is 0 Å². The molecule has 110 valence electrons. The third-order valence-electron chi connectivity index (χ3n) is 1.99. The molecule has 0 aliphatic rings. The minimum Gasteiger partial charge on any atom is -0.480 e. The Labute approximate surface area is 111 Å². The molecule has 0 aromatic heterocycles. The third-order valence-corrected chi connectivity index (χ3v) is 1.99. The van der Waals surface area contributed by atoms with Gasteiger partial charge in [0.2, 0.25) is 5.91 Å². The smallest absolute Gasteiger partial charge is 0.326 e. The van der Waals surface area contributed by atoms with Crippen molar-refractivity contribution in [2.45, 2.75) is 26.3 Å². The zero-order chi connectivity index (χ0) is 14.8. The van der Waals surface area contributed by atoms with E-state index in [-0.39, 0.29) is 6.54 Å². The van der Waals surface area contributed by atoms with Crippen LogP contribution in [0.3, 0.4) is 0 Å². The molecule has 19 heavy (non-hydrogen) atoms. The van der Waals surface area contributed by atoms with Crippen molar-refractivity contribution in [2.24, 2.45) is 11.7 Å². The van der Waals surface area contributed by atoms with Gasteiger partial charge >= 0.3 is 12.0 Å². The largest absolute Gasteiger partial charge is 0.480 e. The van der Waals surface area contributed by atoms with Crippen molar-refractivity contribution in [3.8, 4) is 0 Å². The first-order valence-corrected chi connectivity index (χ1v) is 5.96. The van der Waals surface area contributed by atoms with Gasteiger partial charge in [0.05, 0.1) is 13.0 Å². The van der Waals surface area contributed by atoms with Crippen LogP contribution in [-0.2, 0) is 14.3 Å². The number of ether oxygens (including phenoxy) is 1. The number of urea groups is 1. The fraction of sp³-hybridized carbons (Fsp3) is 0.727. The highest BCUT2D eigenvalue weighted by Gasteiger charge is 2.21. The van der Waals surface area contributed by atoms with E-state index in [1.807, 2.05) is 13.8 Å². The van der Waals surface area contributed by atoms with Gasteiger partial charge in [-0.05, 0) is 5.92 Å². The zero-order valence-electron chi connectivity index (χ0n) is 11.1. The summed E-state index contributed by atoms with van der Waals surface area (Å²) in [5.74, 6) is -1.71. The predicted octanol–water partition coefficient (Wildman–Crippen LogP) is -0.713. The maximum Gasteiger partial charge on any atom is 0.326 e. The molecule has 0 rings (SSSR count). The molecule has 5 N–H and O–H groups in total. The van der Waals surface area contributed by atoms with Crippen LogP contribution < -0.4 is 16.4 Å². The van der Waals surface area contributed by atoms with Gasteiger partial charge in [0.25, 0.3) is 0 Å². The van der Waals surface area contributed by atoms with E-state index in [1.54, 1.807) is 0 Å². The Morgan fingerprint density at radius 1 is 1.32 bits per heavy atom. The number of amides is 3. The lowest BCUT2D eigenvalue weighted by Crippen LogP contribution is -2.48. The third kappa shape index (κ3) is 9.83. The van der Waals surface area contributed by atoms with Crippen LogP contribution in [0.1, 0.15) is 20.3 Å². The van der Waals surface area contributed by atoms with E-state index in [0.717, 1.165) is 0 Å². The Balaban J connectivity index is 3.87. The summed E-state index contributed by atoms with van der Waals surface area (Å²) in [6, 6.07) is -2.00. The first kappa shape index (κ1) is 17.2. The average molecular weight is 275 g/mol. The Kier molecular flexibility index (Phi) is 8.27. The topological polar surface area (TPSA) is 131 Å². The zero-order valence-corrected chi connectivity index (χ0v) is 11.1. The Hall–Kier alpha value is -1.83. The standard InChI is InChI=1S/C11H21N3O5/c1-7(2)6-19-4-3-13-11(18)14-8(10(16)17)5-9(12)15/h7-8H,3-6H2,1-2H3,(H2,12,15)(H,16,17)(H2,13,14,18)/t8-/m1/s1. The predicted molar refractivity (Wildman–Crippen MR) is 67.4 cm³/mol. The molecule has 1 atom stereocenters. The number of rotatable bonds is 9. The summed E-state index contributed by atoms with van der Waals surface area (Å²) in [5, 5.41) is 13.3. The normalized spacial score (nSPS) is 11.9. The molecule has 0 aromatic rings. The van der Waals surface area contributed by atoms with Crippen molar-refractivity contribution in [3.63, 3.8) is 0 Å². The molecule has 0 radical (unpaired) electrons. The molecule has 0 aliphatic heterocycles. The summed E-state index contributed by atoms with van der Waals surface area (Å²) >= 11 is 0. The van der Waals surface area contributed by atoms with Crippen molar-refractivity contribution in [1.29, 1.82) is 0 Å². The van der Waals surface area contributed by atoms with Crippen LogP contribution in [0.2, 0.25) is 0 Å². The molecule has 0 bridgehead atoms. The SMILES string of the molecule is CC(C)COCCNC(=O)N[C@H](CC(N)=O)C(=O)O. The van der Waals surface area contributed by atoms with Gasteiger partial charge in [0.1, 0.15) is 6.04 Å². The van der Waals surface area contributed by atoms with Crippen molar-refractivity contribution >= 4 is 17.9 Å². The quantitative estimate of drug-likeness (QED) is 0.413. The molecule has 0 saturated carbocycles. The van der Waals surface area contributed by atoms with Gasteiger partial charge in [0, 0.05) is 13.2 Å². The monoisotopic (exact) mass is 275 g/mol. The number of hydrogen-bond donors (Lipinski definition) is 4. The number of nitrogens with two attached hydrogens (primary N) is 1. The Morgan fingerprint density at radius 3 is 2.42 bits per heavy atom. The second kappa shape index (κ2) is 9.15. The van der Waals surface area contributed by atoms with Crippen molar-refractivity contribution in [3.05, 3.63) is 0 Å².